The molecule has 0 bridgehead atoms. The third-order valence-corrected chi connectivity index (χ3v) is 5.11. The molecule has 25 heavy (non-hydrogen) atoms. The lowest BCUT2D eigenvalue weighted by molar-refractivity contribution is -0.152. The Morgan fingerprint density at radius 1 is 0.960 bits per heavy atom. The molecule has 1 unspecified atom stereocenters. The van der Waals surface area contributed by atoms with Crippen molar-refractivity contribution in [3.63, 3.8) is 0 Å². The molecule has 1 aliphatic carbocycles. The average molecular weight is 328 g/mol. The molecule has 4 rings (SSSR count). The van der Waals surface area contributed by atoms with E-state index in [0.717, 1.165) is 22.1 Å². The number of ether oxygens (including phenoxy) is 1. The van der Waals surface area contributed by atoms with Crippen LogP contribution >= 0.6 is 0 Å². The first kappa shape index (κ1) is 15.6. The Balaban J connectivity index is 2.12. The lowest BCUT2D eigenvalue weighted by Gasteiger charge is -2.39. The fourth-order valence-electron chi connectivity index (χ4n) is 3.93. The summed E-state index contributed by atoms with van der Waals surface area (Å²) in [6.45, 7) is 7.51. The van der Waals surface area contributed by atoms with E-state index in [4.69, 9.17) is 4.74 Å². The quantitative estimate of drug-likeness (QED) is 0.462. The highest BCUT2D eigenvalue weighted by Crippen LogP contribution is 2.51. The van der Waals surface area contributed by atoms with E-state index >= 15 is 0 Å². The molecule has 0 N–H and O–H groups in total. The molecule has 0 aromatic heterocycles. The summed E-state index contributed by atoms with van der Waals surface area (Å²) in [6.07, 6.45) is 0.663. The molecule has 1 aliphatic rings. The molecule has 0 radical (unpaired) electrons. The van der Waals surface area contributed by atoms with Crippen molar-refractivity contribution in [1.82, 2.24) is 0 Å². The van der Waals surface area contributed by atoms with E-state index in [-0.39, 0.29) is 5.97 Å². The highest BCUT2D eigenvalue weighted by molar-refractivity contribution is 6.03. The monoisotopic (exact) mass is 328 g/mol. The molecule has 0 fully saturated rings. The van der Waals surface area contributed by atoms with Gasteiger partial charge in [-0.15, -0.1) is 0 Å². The smallest absolute Gasteiger partial charge is 0.334 e. The number of hydrogen-bond acceptors (Lipinski definition) is 2. The molecule has 2 heteroatoms. The molecule has 0 saturated carbocycles. The second kappa shape index (κ2) is 5.59. The largest absolute Gasteiger partial charge is 0.446 e. The van der Waals surface area contributed by atoms with Gasteiger partial charge < -0.3 is 4.74 Å². The second-order valence-corrected chi connectivity index (χ2v) is 6.61. The first-order valence-electron chi connectivity index (χ1n) is 8.59. The summed E-state index contributed by atoms with van der Waals surface area (Å²) in [4.78, 5) is 12.5. The van der Waals surface area contributed by atoms with Gasteiger partial charge >= 0.3 is 5.97 Å². The molecule has 0 amide bonds. The van der Waals surface area contributed by atoms with Crippen LogP contribution in [0.1, 0.15) is 31.4 Å². The zero-order chi connectivity index (χ0) is 17.6. The van der Waals surface area contributed by atoms with Crippen LogP contribution in [0.25, 0.3) is 21.9 Å². The third-order valence-electron chi connectivity index (χ3n) is 5.11. The highest BCUT2D eigenvalue weighted by atomic mass is 16.6. The summed E-state index contributed by atoms with van der Waals surface area (Å²) in [5.41, 5.74) is 4.04. The van der Waals surface area contributed by atoms with Crippen molar-refractivity contribution in [2.75, 3.05) is 0 Å². The summed E-state index contributed by atoms with van der Waals surface area (Å²) in [6, 6.07) is 20.8. The molecular formula is C23H20O2. The molecule has 2 nitrogen and oxygen atoms in total. The van der Waals surface area contributed by atoms with Crippen LogP contribution in [-0.4, -0.2) is 5.97 Å². The minimum Gasteiger partial charge on any atom is -0.446 e. The summed E-state index contributed by atoms with van der Waals surface area (Å²) >= 11 is 0. The average Bonchev–Trinajstić information content (AvgIpc) is 2.65. The van der Waals surface area contributed by atoms with Gasteiger partial charge in [-0.25, -0.2) is 4.79 Å². The lowest BCUT2D eigenvalue weighted by atomic mass is 9.72. The van der Waals surface area contributed by atoms with Gasteiger partial charge in [0.05, 0.1) is 0 Å². The van der Waals surface area contributed by atoms with Crippen molar-refractivity contribution in [2.24, 2.45) is 0 Å². The van der Waals surface area contributed by atoms with E-state index in [9.17, 15) is 4.79 Å². The fraction of sp³-hybridized carbons (Fsp3) is 0.174. The lowest BCUT2D eigenvalue weighted by Crippen LogP contribution is -2.36. The van der Waals surface area contributed by atoms with Crippen LogP contribution < -0.4 is 0 Å². The maximum Gasteiger partial charge on any atom is 0.334 e. The van der Waals surface area contributed by atoms with Crippen molar-refractivity contribution in [1.29, 1.82) is 0 Å². The molecule has 0 heterocycles. The van der Waals surface area contributed by atoms with Gasteiger partial charge in [-0.1, -0.05) is 74.2 Å². The van der Waals surface area contributed by atoms with Crippen LogP contribution in [0, 0.1) is 0 Å². The minimum absolute atomic E-state index is 0.354. The van der Waals surface area contributed by atoms with E-state index in [1.54, 1.807) is 6.92 Å². The van der Waals surface area contributed by atoms with Crippen molar-refractivity contribution in [2.45, 2.75) is 25.9 Å². The highest BCUT2D eigenvalue weighted by Gasteiger charge is 2.43. The van der Waals surface area contributed by atoms with E-state index in [2.05, 4.69) is 56.0 Å². The van der Waals surface area contributed by atoms with Gasteiger partial charge in [0, 0.05) is 16.7 Å². The van der Waals surface area contributed by atoms with Crippen LogP contribution in [0.2, 0.25) is 0 Å². The Kier molecular flexibility index (Phi) is 3.50. The number of esters is 1. The second-order valence-electron chi connectivity index (χ2n) is 6.61. The maximum absolute atomic E-state index is 12.5. The topological polar surface area (TPSA) is 26.3 Å². The van der Waals surface area contributed by atoms with Crippen molar-refractivity contribution in [3.8, 4) is 11.1 Å². The van der Waals surface area contributed by atoms with Crippen LogP contribution in [0.3, 0.4) is 0 Å². The van der Waals surface area contributed by atoms with Gasteiger partial charge in [0.15, 0.2) is 5.60 Å². The molecule has 1 atom stereocenters. The van der Waals surface area contributed by atoms with Crippen LogP contribution in [-0.2, 0) is 15.1 Å². The first-order chi connectivity index (χ1) is 12.1. The Morgan fingerprint density at radius 3 is 2.32 bits per heavy atom. The summed E-state index contributed by atoms with van der Waals surface area (Å²) in [5.74, 6) is -0.354. The van der Waals surface area contributed by atoms with Crippen LogP contribution in [0.15, 0.2) is 72.8 Å². The zero-order valence-electron chi connectivity index (χ0n) is 14.5. The van der Waals surface area contributed by atoms with Gasteiger partial charge in [0.1, 0.15) is 0 Å². The Morgan fingerprint density at radius 2 is 1.60 bits per heavy atom. The Labute approximate surface area is 147 Å². The number of carbonyl (C=O) groups is 1. The SMILES string of the molecule is C=C(C)C(=O)OC1(CC)c2ccccc2-c2cccc3cccc1c23. The molecule has 0 saturated heterocycles. The fourth-order valence-corrected chi connectivity index (χ4v) is 3.93. The van der Waals surface area contributed by atoms with E-state index < -0.39 is 5.60 Å². The number of fused-ring (bicyclic) bond motifs is 2. The molecular weight excluding hydrogens is 308 g/mol. The number of rotatable bonds is 3. The van der Waals surface area contributed by atoms with Gasteiger partial charge in [-0.05, 0) is 35.2 Å². The predicted molar refractivity (Wildman–Crippen MR) is 101 cm³/mol. The molecule has 3 aromatic rings. The van der Waals surface area contributed by atoms with Crippen molar-refractivity contribution >= 4 is 16.7 Å². The summed E-state index contributed by atoms with van der Waals surface area (Å²) in [5, 5.41) is 2.33. The molecule has 3 aromatic carbocycles. The van der Waals surface area contributed by atoms with Gasteiger partial charge in [0.25, 0.3) is 0 Å². The number of benzene rings is 3. The van der Waals surface area contributed by atoms with Crippen LogP contribution in [0.5, 0.6) is 0 Å². The number of carbonyl (C=O) groups excluding carboxylic acids is 1. The normalized spacial score (nSPS) is 17.8. The standard InChI is InChI=1S/C23H20O2/c1-4-23(25-22(24)15(2)3)19-13-6-5-11-17(19)18-12-7-9-16-10-8-14-20(23)21(16)18/h5-14H,2,4H2,1,3H3. The molecule has 0 aliphatic heterocycles. The predicted octanol–water partition coefficient (Wildman–Crippen LogP) is 5.59. The molecule has 0 spiro atoms. The van der Waals surface area contributed by atoms with E-state index in [1.807, 2.05) is 18.2 Å². The van der Waals surface area contributed by atoms with Gasteiger partial charge in [-0.2, -0.15) is 0 Å². The van der Waals surface area contributed by atoms with Gasteiger partial charge in [0.2, 0.25) is 0 Å². The zero-order valence-corrected chi connectivity index (χ0v) is 14.5. The number of hydrogen-bond donors (Lipinski definition) is 0. The van der Waals surface area contributed by atoms with Crippen molar-refractivity contribution in [3.05, 3.63) is 83.9 Å². The Bertz CT molecular complexity index is 1010. The third kappa shape index (κ3) is 2.14. The van der Waals surface area contributed by atoms with E-state index in [0.29, 0.717) is 12.0 Å². The summed E-state index contributed by atoms with van der Waals surface area (Å²) in [7, 11) is 0. The van der Waals surface area contributed by atoms with E-state index in [1.165, 1.54) is 10.9 Å². The van der Waals surface area contributed by atoms with Crippen molar-refractivity contribution < 1.29 is 9.53 Å². The minimum atomic E-state index is -0.791. The Hall–Kier alpha value is -2.87. The molecule has 124 valence electrons. The van der Waals surface area contributed by atoms with Gasteiger partial charge in [-0.3, -0.25) is 0 Å². The maximum atomic E-state index is 12.5. The van der Waals surface area contributed by atoms with Crippen LogP contribution in [0.4, 0.5) is 0 Å². The first-order valence-corrected chi connectivity index (χ1v) is 8.59. The summed E-state index contributed by atoms with van der Waals surface area (Å²) < 4.78 is 6.12.